The summed E-state index contributed by atoms with van der Waals surface area (Å²) >= 11 is 1.60. The lowest BCUT2D eigenvalue weighted by molar-refractivity contribution is -0.135. The van der Waals surface area contributed by atoms with Gasteiger partial charge in [0.2, 0.25) is 5.91 Å². The molecule has 0 atom stereocenters. The van der Waals surface area contributed by atoms with Crippen LogP contribution in [0, 0.1) is 19.8 Å². The molecule has 0 spiro atoms. The quantitative estimate of drug-likeness (QED) is 0.845. The molecule has 1 N–H and O–H groups in total. The Labute approximate surface area is 112 Å². The van der Waals surface area contributed by atoms with Crippen molar-refractivity contribution in [1.29, 1.82) is 0 Å². The van der Waals surface area contributed by atoms with Gasteiger partial charge in [0.15, 0.2) is 0 Å². The number of aliphatic hydroxyl groups excluding tert-OH is 1. The second-order valence-corrected chi connectivity index (χ2v) is 5.92. The average Bonchev–Trinajstić information content (AvgIpc) is 2.29. The van der Waals surface area contributed by atoms with Gasteiger partial charge in [-0.1, -0.05) is 17.7 Å². The van der Waals surface area contributed by atoms with Crippen LogP contribution in [0.3, 0.4) is 0 Å². The number of rotatable bonds is 4. The van der Waals surface area contributed by atoms with Crippen LogP contribution in [-0.4, -0.2) is 41.4 Å². The van der Waals surface area contributed by atoms with E-state index in [1.165, 1.54) is 16.0 Å². The van der Waals surface area contributed by atoms with Gasteiger partial charge in [-0.2, -0.15) is 0 Å². The van der Waals surface area contributed by atoms with E-state index >= 15 is 0 Å². The van der Waals surface area contributed by atoms with Crippen LogP contribution in [0.15, 0.2) is 23.1 Å². The van der Waals surface area contributed by atoms with Crippen molar-refractivity contribution in [2.75, 3.05) is 25.4 Å². The third-order valence-electron chi connectivity index (χ3n) is 3.26. The lowest BCUT2D eigenvalue weighted by Crippen LogP contribution is -2.51. The summed E-state index contributed by atoms with van der Waals surface area (Å²) in [6.07, 6.45) is 0. The molecule has 1 aliphatic heterocycles. The molecule has 1 heterocycles. The smallest absolute Gasteiger partial charge is 0.232 e. The van der Waals surface area contributed by atoms with Crippen LogP contribution in [0.2, 0.25) is 0 Å². The molecule has 0 aromatic heterocycles. The molecule has 1 amide bonds. The van der Waals surface area contributed by atoms with Crippen molar-refractivity contribution in [3.63, 3.8) is 0 Å². The summed E-state index contributed by atoms with van der Waals surface area (Å²) < 4.78 is 0. The Morgan fingerprint density at radius 2 is 2.17 bits per heavy atom. The highest BCUT2D eigenvalue weighted by Crippen LogP contribution is 2.25. The number of thioether (sulfide) groups is 1. The van der Waals surface area contributed by atoms with E-state index in [1.807, 2.05) is 4.90 Å². The molecule has 0 unspecified atom stereocenters. The van der Waals surface area contributed by atoms with E-state index in [-0.39, 0.29) is 12.5 Å². The minimum Gasteiger partial charge on any atom is -0.396 e. The van der Waals surface area contributed by atoms with Crippen molar-refractivity contribution >= 4 is 17.7 Å². The predicted molar refractivity (Wildman–Crippen MR) is 73.8 cm³/mol. The van der Waals surface area contributed by atoms with Gasteiger partial charge in [-0.15, -0.1) is 11.8 Å². The third-order valence-corrected chi connectivity index (χ3v) is 4.40. The molecular formula is C14H19NO2S. The normalized spacial score (nSPS) is 15.6. The second kappa shape index (κ2) is 5.76. The molecule has 0 bridgehead atoms. The fraction of sp³-hybridized carbons (Fsp3) is 0.500. The molecule has 18 heavy (non-hydrogen) atoms. The maximum Gasteiger partial charge on any atom is 0.232 e. The third kappa shape index (κ3) is 3.06. The number of aliphatic hydroxyl groups is 1. The van der Waals surface area contributed by atoms with Crippen LogP contribution in [0.25, 0.3) is 0 Å². The highest BCUT2D eigenvalue weighted by Gasteiger charge is 2.29. The number of amides is 1. The van der Waals surface area contributed by atoms with Crippen LogP contribution >= 0.6 is 11.8 Å². The maximum absolute atomic E-state index is 11.9. The first-order chi connectivity index (χ1) is 8.60. The Morgan fingerprint density at radius 3 is 2.83 bits per heavy atom. The fourth-order valence-electron chi connectivity index (χ4n) is 1.98. The van der Waals surface area contributed by atoms with Gasteiger partial charge in [0, 0.05) is 30.5 Å². The SMILES string of the molecule is Cc1ccc(C)c(SCC(=O)N2CC(CO)C2)c1. The number of carbonyl (C=O) groups is 1. The number of likely N-dealkylation sites (tertiary alicyclic amines) is 1. The minimum atomic E-state index is 0.172. The van der Waals surface area contributed by atoms with E-state index in [0.717, 1.165) is 0 Å². The first-order valence-corrected chi connectivity index (χ1v) is 7.17. The first-order valence-electron chi connectivity index (χ1n) is 6.19. The van der Waals surface area contributed by atoms with Crippen LogP contribution in [0.5, 0.6) is 0 Å². The van der Waals surface area contributed by atoms with Crippen molar-refractivity contribution in [2.24, 2.45) is 5.92 Å². The second-order valence-electron chi connectivity index (χ2n) is 4.90. The first kappa shape index (κ1) is 13.4. The number of benzene rings is 1. The Bertz CT molecular complexity index is 441. The lowest BCUT2D eigenvalue weighted by atomic mass is 10.0. The molecule has 1 saturated heterocycles. The van der Waals surface area contributed by atoms with Gasteiger partial charge in [0.25, 0.3) is 0 Å². The van der Waals surface area contributed by atoms with Crippen molar-refractivity contribution in [1.82, 2.24) is 4.90 Å². The zero-order valence-corrected chi connectivity index (χ0v) is 11.7. The fourth-order valence-corrected chi connectivity index (χ4v) is 3.01. The molecule has 1 fully saturated rings. The van der Waals surface area contributed by atoms with Gasteiger partial charge in [0.1, 0.15) is 0 Å². The van der Waals surface area contributed by atoms with Gasteiger partial charge in [-0.25, -0.2) is 0 Å². The molecule has 0 saturated carbocycles. The summed E-state index contributed by atoms with van der Waals surface area (Å²) in [4.78, 5) is 14.9. The Hall–Kier alpha value is -1.00. The highest BCUT2D eigenvalue weighted by atomic mass is 32.2. The molecule has 2 rings (SSSR count). The number of hydrogen-bond acceptors (Lipinski definition) is 3. The summed E-state index contributed by atoms with van der Waals surface area (Å²) in [5.41, 5.74) is 2.44. The topological polar surface area (TPSA) is 40.5 Å². The Morgan fingerprint density at radius 1 is 1.44 bits per heavy atom. The van der Waals surface area contributed by atoms with Gasteiger partial charge in [-0.3, -0.25) is 4.79 Å². The van der Waals surface area contributed by atoms with E-state index in [2.05, 4.69) is 32.0 Å². The molecule has 1 aromatic rings. The molecule has 0 radical (unpaired) electrons. The molecular weight excluding hydrogens is 246 g/mol. The maximum atomic E-state index is 11.9. The average molecular weight is 265 g/mol. The lowest BCUT2D eigenvalue weighted by Gasteiger charge is -2.38. The Balaban J connectivity index is 1.84. The van der Waals surface area contributed by atoms with Crippen LogP contribution in [0.4, 0.5) is 0 Å². The summed E-state index contributed by atoms with van der Waals surface area (Å²) in [5, 5.41) is 8.92. The van der Waals surface area contributed by atoms with E-state index in [1.54, 1.807) is 11.8 Å². The van der Waals surface area contributed by atoms with E-state index in [4.69, 9.17) is 5.11 Å². The zero-order valence-electron chi connectivity index (χ0n) is 10.8. The summed E-state index contributed by atoms with van der Waals surface area (Å²) in [7, 11) is 0. The van der Waals surface area contributed by atoms with Crippen LogP contribution in [-0.2, 0) is 4.79 Å². The molecule has 4 heteroatoms. The van der Waals surface area contributed by atoms with E-state index in [9.17, 15) is 4.79 Å². The predicted octanol–water partition coefficient (Wildman–Crippen LogP) is 1.85. The van der Waals surface area contributed by atoms with Gasteiger partial charge in [0.05, 0.1) is 5.75 Å². The number of nitrogens with zero attached hydrogens (tertiary/aromatic N) is 1. The molecule has 1 aliphatic rings. The van der Waals surface area contributed by atoms with Crippen molar-refractivity contribution in [3.8, 4) is 0 Å². The summed E-state index contributed by atoms with van der Waals surface area (Å²) in [5.74, 6) is 0.952. The van der Waals surface area contributed by atoms with Crippen molar-refractivity contribution in [2.45, 2.75) is 18.7 Å². The van der Waals surface area contributed by atoms with E-state index in [0.29, 0.717) is 24.8 Å². The Kier molecular flexibility index (Phi) is 4.30. The molecule has 98 valence electrons. The zero-order chi connectivity index (χ0) is 13.1. The van der Waals surface area contributed by atoms with Crippen LogP contribution < -0.4 is 0 Å². The van der Waals surface area contributed by atoms with Crippen LogP contribution in [0.1, 0.15) is 11.1 Å². The number of aryl methyl sites for hydroxylation is 2. The summed E-state index contributed by atoms with van der Waals surface area (Å²) in [6, 6.07) is 6.30. The van der Waals surface area contributed by atoms with Crippen molar-refractivity contribution < 1.29 is 9.90 Å². The highest BCUT2D eigenvalue weighted by molar-refractivity contribution is 8.00. The van der Waals surface area contributed by atoms with E-state index < -0.39 is 0 Å². The molecule has 0 aliphatic carbocycles. The van der Waals surface area contributed by atoms with Gasteiger partial charge in [-0.05, 0) is 25.5 Å². The number of carbonyl (C=O) groups excluding carboxylic acids is 1. The summed E-state index contributed by atoms with van der Waals surface area (Å²) in [6.45, 7) is 5.74. The molecule has 1 aromatic carbocycles. The largest absolute Gasteiger partial charge is 0.396 e. The standard InChI is InChI=1S/C14H19NO2S/c1-10-3-4-11(2)13(5-10)18-9-14(17)15-6-12(7-15)8-16/h3-5,12,16H,6-9H2,1-2H3. The van der Waals surface area contributed by atoms with Gasteiger partial charge < -0.3 is 10.0 Å². The number of hydrogen-bond donors (Lipinski definition) is 1. The monoisotopic (exact) mass is 265 g/mol. The molecule has 3 nitrogen and oxygen atoms in total. The van der Waals surface area contributed by atoms with Crippen molar-refractivity contribution in [3.05, 3.63) is 29.3 Å². The van der Waals surface area contributed by atoms with Gasteiger partial charge >= 0.3 is 0 Å². The minimum absolute atomic E-state index is 0.172.